The summed E-state index contributed by atoms with van der Waals surface area (Å²) in [5.41, 5.74) is 1.06. The number of carboxylic acids is 1. The van der Waals surface area contributed by atoms with Gasteiger partial charge in [0.15, 0.2) is 0 Å². The van der Waals surface area contributed by atoms with E-state index in [-0.39, 0.29) is 10.5 Å². The molecule has 6 nitrogen and oxygen atoms in total. The molecule has 1 N–H and O–H groups in total. The zero-order valence-corrected chi connectivity index (χ0v) is 16.2. The molecule has 0 saturated heterocycles. The smallest absolute Gasteiger partial charge is 0.360 e. The van der Waals surface area contributed by atoms with Crippen LogP contribution in [-0.4, -0.2) is 25.8 Å². The SMILES string of the molecule is CC.Cc1cc2c(nc1C)c(=O)c(C(=O)O)nn2-c1ccc(Cl)c(Cl)c1. The third kappa shape index (κ3) is 3.57. The lowest BCUT2D eigenvalue weighted by Crippen LogP contribution is -2.23. The van der Waals surface area contributed by atoms with Crippen LogP contribution in [0.25, 0.3) is 16.7 Å². The van der Waals surface area contributed by atoms with Gasteiger partial charge >= 0.3 is 5.97 Å². The molecule has 0 fully saturated rings. The van der Waals surface area contributed by atoms with Crippen LogP contribution in [0.5, 0.6) is 0 Å². The molecule has 0 unspecified atom stereocenters. The highest BCUT2D eigenvalue weighted by molar-refractivity contribution is 6.42. The van der Waals surface area contributed by atoms with Crippen LogP contribution in [0.15, 0.2) is 29.1 Å². The number of rotatable bonds is 2. The molecule has 0 bridgehead atoms. The summed E-state index contributed by atoms with van der Waals surface area (Å²) < 4.78 is 1.34. The molecule has 3 aromatic rings. The summed E-state index contributed by atoms with van der Waals surface area (Å²) in [6.45, 7) is 7.59. The Balaban J connectivity index is 0.00000117. The first-order valence-corrected chi connectivity index (χ1v) is 8.65. The van der Waals surface area contributed by atoms with Crippen molar-refractivity contribution in [3.63, 3.8) is 0 Å². The number of hydrogen-bond acceptors (Lipinski definition) is 4. The number of aromatic nitrogens is 3. The summed E-state index contributed by atoms with van der Waals surface area (Å²) in [5, 5.41) is 13.9. The van der Waals surface area contributed by atoms with Gasteiger partial charge in [0, 0.05) is 5.69 Å². The number of nitrogens with zero attached hydrogens (tertiary/aromatic N) is 3. The zero-order chi connectivity index (χ0) is 19.6. The first kappa shape index (κ1) is 19.9. The minimum Gasteiger partial charge on any atom is -0.476 e. The Morgan fingerprint density at radius 3 is 2.35 bits per heavy atom. The van der Waals surface area contributed by atoms with Crippen molar-refractivity contribution in [1.82, 2.24) is 14.8 Å². The monoisotopic (exact) mass is 393 g/mol. The van der Waals surface area contributed by atoms with Crippen LogP contribution in [0.3, 0.4) is 0 Å². The molecule has 8 heteroatoms. The standard InChI is InChI=1S/C16H11Cl2N3O3.C2H6/c1-7-5-12-13(19-8(7)2)15(22)14(16(23)24)20-21(12)9-3-4-10(17)11(18)6-9;1-2/h3-6H,1-2H3,(H,23,24);1-2H3. The highest BCUT2D eigenvalue weighted by Gasteiger charge is 2.19. The van der Waals surface area contributed by atoms with E-state index in [9.17, 15) is 14.7 Å². The molecule has 0 radical (unpaired) electrons. The maximum Gasteiger partial charge on any atom is 0.360 e. The Morgan fingerprint density at radius 1 is 1.12 bits per heavy atom. The van der Waals surface area contributed by atoms with Gasteiger partial charge < -0.3 is 5.11 Å². The number of carbonyl (C=O) groups is 1. The fourth-order valence-corrected chi connectivity index (χ4v) is 2.58. The van der Waals surface area contributed by atoms with Crippen LogP contribution >= 0.6 is 23.2 Å². The number of carboxylic acid groups (broad SMARTS) is 1. The molecule has 2 heterocycles. The van der Waals surface area contributed by atoms with Gasteiger partial charge in [-0.1, -0.05) is 37.0 Å². The first-order chi connectivity index (χ1) is 12.3. The van der Waals surface area contributed by atoms with Crippen molar-refractivity contribution < 1.29 is 9.90 Å². The summed E-state index contributed by atoms with van der Waals surface area (Å²) in [6.07, 6.45) is 0. The van der Waals surface area contributed by atoms with Crippen LogP contribution in [0.1, 0.15) is 35.6 Å². The van der Waals surface area contributed by atoms with Crippen LogP contribution in [-0.2, 0) is 0 Å². The normalized spacial score (nSPS) is 10.4. The Morgan fingerprint density at radius 2 is 1.77 bits per heavy atom. The van der Waals surface area contributed by atoms with Crippen molar-refractivity contribution in [2.24, 2.45) is 0 Å². The van der Waals surface area contributed by atoms with E-state index >= 15 is 0 Å². The number of aryl methyl sites for hydroxylation is 2. The van der Waals surface area contributed by atoms with Gasteiger partial charge in [-0.3, -0.25) is 4.79 Å². The molecule has 0 saturated carbocycles. The molecular weight excluding hydrogens is 377 g/mol. The quantitative estimate of drug-likeness (QED) is 0.695. The van der Waals surface area contributed by atoms with E-state index in [2.05, 4.69) is 10.1 Å². The lowest BCUT2D eigenvalue weighted by atomic mass is 10.2. The van der Waals surface area contributed by atoms with Crippen molar-refractivity contribution in [3.8, 4) is 5.69 Å². The minimum absolute atomic E-state index is 0.0385. The molecule has 0 aliphatic rings. The van der Waals surface area contributed by atoms with Gasteiger partial charge in [-0.15, -0.1) is 0 Å². The molecule has 1 aromatic carbocycles. The van der Waals surface area contributed by atoms with Crippen LogP contribution in [0.2, 0.25) is 10.0 Å². The van der Waals surface area contributed by atoms with E-state index in [0.29, 0.717) is 21.9 Å². The van der Waals surface area contributed by atoms with Crippen molar-refractivity contribution >= 4 is 40.2 Å². The second-order valence-electron chi connectivity index (χ2n) is 5.25. The molecule has 0 aliphatic carbocycles. The third-order valence-electron chi connectivity index (χ3n) is 3.65. The fourth-order valence-electron chi connectivity index (χ4n) is 2.28. The van der Waals surface area contributed by atoms with E-state index in [1.807, 2.05) is 20.8 Å². The summed E-state index contributed by atoms with van der Waals surface area (Å²) in [7, 11) is 0. The summed E-state index contributed by atoms with van der Waals surface area (Å²) >= 11 is 12.0. The highest BCUT2D eigenvalue weighted by atomic mass is 35.5. The van der Waals surface area contributed by atoms with Gasteiger partial charge in [0.2, 0.25) is 11.1 Å². The largest absolute Gasteiger partial charge is 0.476 e. The molecule has 0 aliphatic heterocycles. The molecule has 3 rings (SSSR count). The highest BCUT2D eigenvalue weighted by Crippen LogP contribution is 2.25. The van der Waals surface area contributed by atoms with Crippen molar-refractivity contribution in [2.45, 2.75) is 27.7 Å². The molecule has 0 amide bonds. The number of pyridine rings is 1. The minimum atomic E-state index is -1.42. The predicted octanol–water partition coefficient (Wildman–Crippen LogP) is 4.43. The lowest BCUT2D eigenvalue weighted by molar-refractivity contribution is 0.0687. The van der Waals surface area contributed by atoms with Crippen molar-refractivity contribution in [1.29, 1.82) is 0 Å². The van der Waals surface area contributed by atoms with Crippen LogP contribution in [0, 0.1) is 13.8 Å². The molecule has 0 spiro atoms. The van der Waals surface area contributed by atoms with Gasteiger partial charge in [0.05, 0.1) is 21.2 Å². The molecule has 0 atom stereocenters. The third-order valence-corrected chi connectivity index (χ3v) is 4.39. The van der Waals surface area contributed by atoms with Crippen molar-refractivity contribution in [3.05, 3.63) is 61.5 Å². The number of fused-ring (bicyclic) bond motifs is 1. The Bertz CT molecular complexity index is 1060. The second-order valence-corrected chi connectivity index (χ2v) is 6.07. The summed E-state index contributed by atoms with van der Waals surface area (Å²) in [4.78, 5) is 28.0. The number of halogens is 2. The fraction of sp³-hybridized carbons (Fsp3) is 0.222. The van der Waals surface area contributed by atoms with Crippen molar-refractivity contribution in [2.75, 3.05) is 0 Å². The maximum atomic E-state index is 12.4. The average molecular weight is 394 g/mol. The van der Waals surface area contributed by atoms with Gasteiger partial charge in [-0.05, 0) is 43.7 Å². The van der Waals surface area contributed by atoms with Gasteiger partial charge in [-0.2, -0.15) is 5.10 Å². The molecular formula is C18H17Cl2N3O3. The van der Waals surface area contributed by atoms with Crippen LogP contribution in [0.4, 0.5) is 0 Å². The molecule has 26 heavy (non-hydrogen) atoms. The van der Waals surface area contributed by atoms with E-state index in [1.54, 1.807) is 31.2 Å². The van der Waals surface area contributed by atoms with E-state index < -0.39 is 17.1 Å². The predicted molar refractivity (Wildman–Crippen MR) is 103 cm³/mol. The molecule has 2 aromatic heterocycles. The number of hydrogen-bond donors (Lipinski definition) is 1. The average Bonchev–Trinajstić information content (AvgIpc) is 2.61. The Kier molecular flexibility index (Phi) is 6.00. The first-order valence-electron chi connectivity index (χ1n) is 7.89. The Labute approximate surface area is 160 Å². The Hall–Kier alpha value is -2.44. The number of aromatic carboxylic acids is 1. The second kappa shape index (κ2) is 7.85. The summed E-state index contributed by atoms with van der Waals surface area (Å²) in [6, 6.07) is 6.48. The molecule has 136 valence electrons. The van der Waals surface area contributed by atoms with Crippen LogP contribution < -0.4 is 5.43 Å². The van der Waals surface area contributed by atoms with Gasteiger partial charge in [0.1, 0.15) is 5.52 Å². The topological polar surface area (TPSA) is 85.1 Å². The number of benzene rings is 1. The zero-order valence-electron chi connectivity index (χ0n) is 14.7. The van der Waals surface area contributed by atoms with E-state index in [0.717, 1.165) is 5.56 Å². The summed E-state index contributed by atoms with van der Waals surface area (Å²) in [5.74, 6) is -1.42. The van der Waals surface area contributed by atoms with Gasteiger partial charge in [0.25, 0.3) is 0 Å². The van der Waals surface area contributed by atoms with Gasteiger partial charge in [-0.25, -0.2) is 14.5 Å². The van der Waals surface area contributed by atoms with E-state index in [4.69, 9.17) is 23.2 Å². The maximum absolute atomic E-state index is 12.4. The van der Waals surface area contributed by atoms with E-state index in [1.165, 1.54) is 4.68 Å². The lowest BCUT2D eigenvalue weighted by Gasteiger charge is -2.12.